The molecule has 3 rings (SSSR count). The Balaban J connectivity index is 1.41. The number of hydrazine groups is 1. The maximum absolute atomic E-state index is 12.2. The van der Waals surface area contributed by atoms with Crippen molar-refractivity contribution in [3.05, 3.63) is 90.0 Å². The molecule has 2 amide bonds. The van der Waals surface area contributed by atoms with E-state index in [2.05, 4.69) is 15.6 Å². The van der Waals surface area contributed by atoms with Crippen molar-refractivity contribution in [2.75, 3.05) is 13.2 Å². The van der Waals surface area contributed by atoms with E-state index in [-0.39, 0.29) is 23.6 Å². The zero-order valence-electron chi connectivity index (χ0n) is 18.5. The van der Waals surface area contributed by atoms with Crippen LogP contribution in [0, 0.1) is 0 Å². The summed E-state index contributed by atoms with van der Waals surface area (Å²) in [7, 11) is -3.61. The Morgan fingerprint density at radius 2 is 1.41 bits per heavy atom. The third-order valence-electron chi connectivity index (χ3n) is 4.52. The molecule has 0 saturated carbocycles. The van der Waals surface area contributed by atoms with Gasteiger partial charge in [-0.3, -0.25) is 20.4 Å². The highest BCUT2D eigenvalue weighted by Gasteiger charge is 2.14. The summed E-state index contributed by atoms with van der Waals surface area (Å²) in [5.41, 5.74) is 5.74. The summed E-state index contributed by atoms with van der Waals surface area (Å²) in [5.74, 6) is -0.0343. The molecule has 0 radical (unpaired) electrons. The quantitative estimate of drug-likeness (QED) is 0.381. The van der Waals surface area contributed by atoms with Crippen molar-refractivity contribution in [3.8, 4) is 11.5 Å². The molecule has 0 spiro atoms. The first-order valence-electron chi connectivity index (χ1n) is 10.5. The van der Waals surface area contributed by atoms with Crippen LogP contribution in [-0.2, 0) is 21.4 Å². The lowest BCUT2D eigenvalue weighted by atomic mass is 10.2. The van der Waals surface area contributed by atoms with E-state index >= 15 is 0 Å². The molecular formula is C24H25N3O6S. The minimum absolute atomic E-state index is 0.0415. The number of ether oxygens (including phenoxy) is 2. The summed E-state index contributed by atoms with van der Waals surface area (Å²) in [6, 6.07) is 21.9. The molecule has 0 aliphatic rings. The SMILES string of the molecule is CCNS(=O)(=O)c1ccc(C(=O)NNC(=O)COc2ccc(OCc3ccccc3)cc2)cc1. The number of hydrogen-bond donors (Lipinski definition) is 3. The van der Waals surface area contributed by atoms with Crippen LogP contribution in [0.1, 0.15) is 22.8 Å². The van der Waals surface area contributed by atoms with E-state index in [4.69, 9.17) is 9.47 Å². The summed E-state index contributed by atoms with van der Waals surface area (Å²) >= 11 is 0. The van der Waals surface area contributed by atoms with Crippen LogP contribution in [0.3, 0.4) is 0 Å². The van der Waals surface area contributed by atoms with Crippen molar-refractivity contribution >= 4 is 21.8 Å². The molecule has 10 heteroatoms. The van der Waals surface area contributed by atoms with Crippen LogP contribution < -0.4 is 25.0 Å². The zero-order valence-corrected chi connectivity index (χ0v) is 19.3. The molecule has 0 unspecified atom stereocenters. The van der Waals surface area contributed by atoms with Crippen molar-refractivity contribution in [2.24, 2.45) is 0 Å². The largest absolute Gasteiger partial charge is 0.489 e. The minimum atomic E-state index is -3.61. The molecule has 3 aromatic rings. The lowest BCUT2D eigenvalue weighted by Gasteiger charge is -2.10. The Morgan fingerprint density at radius 3 is 2.03 bits per heavy atom. The van der Waals surface area contributed by atoms with Crippen molar-refractivity contribution < 1.29 is 27.5 Å². The maximum Gasteiger partial charge on any atom is 0.276 e. The summed E-state index contributed by atoms with van der Waals surface area (Å²) < 4.78 is 37.3. The van der Waals surface area contributed by atoms with Gasteiger partial charge in [-0.1, -0.05) is 37.3 Å². The molecule has 3 N–H and O–H groups in total. The molecule has 0 heterocycles. The van der Waals surface area contributed by atoms with Gasteiger partial charge in [0.25, 0.3) is 11.8 Å². The van der Waals surface area contributed by atoms with Gasteiger partial charge in [0, 0.05) is 12.1 Å². The van der Waals surface area contributed by atoms with E-state index in [0.717, 1.165) is 5.56 Å². The van der Waals surface area contributed by atoms with Crippen LogP contribution in [0.5, 0.6) is 11.5 Å². The number of amides is 2. The fourth-order valence-corrected chi connectivity index (χ4v) is 3.86. The van der Waals surface area contributed by atoms with Gasteiger partial charge in [0.1, 0.15) is 18.1 Å². The lowest BCUT2D eigenvalue weighted by Crippen LogP contribution is -2.43. The van der Waals surface area contributed by atoms with Crippen LogP contribution in [0.2, 0.25) is 0 Å². The standard InChI is InChI=1S/C24H25N3O6S/c1-2-25-34(30,31)22-14-8-19(9-15-22)24(29)27-26-23(28)17-33-21-12-10-20(11-13-21)32-16-18-6-4-3-5-7-18/h3-15,25H,2,16-17H2,1H3,(H,26,28)(H,27,29). The Hall–Kier alpha value is -3.89. The third-order valence-corrected chi connectivity index (χ3v) is 6.08. The summed E-state index contributed by atoms with van der Waals surface area (Å²) in [6.07, 6.45) is 0. The highest BCUT2D eigenvalue weighted by Crippen LogP contribution is 2.18. The fraction of sp³-hybridized carbons (Fsp3) is 0.167. The second kappa shape index (κ2) is 11.8. The van der Waals surface area contributed by atoms with Crippen LogP contribution in [0.15, 0.2) is 83.8 Å². The molecule has 178 valence electrons. The summed E-state index contributed by atoms with van der Waals surface area (Å²) in [5, 5.41) is 0. The first-order chi connectivity index (χ1) is 16.4. The predicted molar refractivity (Wildman–Crippen MR) is 126 cm³/mol. The topological polar surface area (TPSA) is 123 Å². The zero-order chi connectivity index (χ0) is 24.4. The van der Waals surface area contributed by atoms with E-state index in [1.54, 1.807) is 31.2 Å². The third kappa shape index (κ3) is 7.32. The number of sulfonamides is 1. The van der Waals surface area contributed by atoms with Crippen molar-refractivity contribution in [1.82, 2.24) is 15.6 Å². The lowest BCUT2D eigenvalue weighted by molar-refractivity contribution is -0.123. The van der Waals surface area contributed by atoms with Gasteiger partial charge in [-0.15, -0.1) is 0 Å². The first-order valence-corrected chi connectivity index (χ1v) is 11.9. The van der Waals surface area contributed by atoms with Crippen LogP contribution in [-0.4, -0.2) is 33.4 Å². The summed E-state index contributed by atoms with van der Waals surface area (Å²) in [6.45, 7) is 2.05. The molecule has 34 heavy (non-hydrogen) atoms. The highest BCUT2D eigenvalue weighted by molar-refractivity contribution is 7.89. The van der Waals surface area contributed by atoms with E-state index in [1.807, 2.05) is 30.3 Å². The molecule has 0 fully saturated rings. The number of nitrogens with one attached hydrogen (secondary N) is 3. The first kappa shape index (κ1) is 24.7. The van der Waals surface area contributed by atoms with Gasteiger partial charge in [0.15, 0.2) is 6.61 Å². The second-order valence-electron chi connectivity index (χ2n) is 7.06. The molecule has 9 nitrogen and oxygen atoms in total. The van der Waals surface area contributed by atoms with E-state index in [9.17, 15) is 18.0 Å². The van der Waals surface area contributed by atoms with Crippen molar-refractivity contribution in [3.63, 3.8) is 0 Å². The van der Waals surface area contributed by atoms with Gasteiger partial charge in [0.05, 0.1) is 4.90 Å². The fourth-order valence-electron chi connectivity index (χ4n) is 2.82. The normalized spacial score (nSPS) is 10.9. The van der Waals surface area contributed by atoms with E-state index in [0.29, 0.717) is 18.1 Å². The molecule has 0 atom stereocenters. The van der Waals surface area contributed by atoms with Crippen molar-refractivity contribution in [2.45, 2.75) is 18.4 Å². The maximum atomic E-state index is 12.2. The van der Waals surface area contributed by atoms with Crippen LogP contribution >= 0.6 is 0 Å². The summed E-state index contributed by atoms with van der Waals surface area (Å²) in [4.78, 5) is 24.2. The van der Waals surface area contributed by atoms with E-state index in [1.165, 1.54) is 24.3 Å². The monoisotopic (exact) mass is 483 g/mol. The van der Waals surface area contributed by atoms with Gasteiger partial charge >= 0.3 is 0 Å². The van der Waals surface area contributed by atoms with Gasteiger partial charge in [-0.25, -0.2) is 13.1 Å². The number of hydrogen-bond acceptors (Lipinski definition) is 6. The molecule has 3 aromatic carbocycles. The number of benzene rings is 3. The minimum Gasteiger partial charge on any atom is -0.489 e. The predicted octanol–water partition coefficient (Wildman–Crippen LogP) is 2.40. The Kier molecular flexibility index (Phi) is 8.60. The smallest absolute Gasteiger partial charge is 0.276 e. The molecule has 0 aliphatic carbocycles. The Labute approximate surface area is 198 Å². The highest BCUT2D eigenvalue weighted by atomic mass is 32.2. The van der Waals surface area contributed by atoms with Gasteiger partial charge in [0.2, 0.25) is 10.0 Å². The average molecular weight is 484 g/mol. The van der Waals surface area contributed by atoms with Crippen molar-refractivity contribution in [1.29, 1.82) is 0 Å². The Morgan fingerprint density at radius 1 is 0.794 bits per heavy atom. The van der Waals surface area contributed by atoms with Crippen LogP contribution in [0.4, 0.5) is 0 Å². The van der Waals surface area contributed by atoms with Gasteiger partial charge in [-0.2, -0.15) is 0 Å². The average Bonchev–Trinajstić information content (AvgIpc) is 2.86. The molecule has 0 aromatic heterocycles. The van der Waals surface area contributed by atoms with E-state index < -0.39 is 21.8 Å². The van der Waals surface area contributed by atoms with Crippen LogP contribution in [0.25, 0.3) is 0 Å². The molecular weight excluding hydrogens is 458 g/mol. The molecule has 0 bridgehead atoms. The Bertz CT molecular complexity index is 1200. The molecule has 0 aliphatic heterocycles. The number of carbonyl (C=O) groups is 2. The second-order valence-corrected chi connectivity index (χ2v) is 8.83. The number of rotatable bonds is 10. The number of carbonyl (C=O) groups excluding carboxylic acids is 2. The van der Waals surface area contributed by atoms with Gasteiger partial charge < -0.3 is 9.47 Å². The van der Waals surface area contributed by atoms with Gasteiger partial charge in [-0.05, 0) is 54.1 Å². The molecule has 0 saturated heterocycles.